The van der Waals surface area contributed by atoms with Gasteiger partial charge in [-0.05, 0) is 56.2 Å². The van der Waals surface area contributed by atoms with Crippen molar-refractivity contribution >= 4 is 23.5 Å². The summed E-state index contributed by atoms with van der Waals surface area (Å²) in [5.41, 5.74) is 1.20. The number of nitrogens with one attached hydrogen (secondary N) is 1. The Morgan fingerprint density at radius 2 is 1.92 bits per heavy atom. The monoisotopic (exact) mass is 347 g/mol. The van der Waals surface area contributed by atoms with E-state index in [9.17, 15) is 9.59 Å². The topological polar surface area (TPSA) is 55.4 Å². The molecule has 0 radical (unpaired) electrons. The molecule has 0 bridgehead atoms. The molecule has 3 rings (SSSR count). The van der Waals surface area contributed by atoms with E-state index in [-0.39, 0.29) is 11.9 Å². The van der Waals surface area contributed by atoms with Gasteiger partial charge in [-0.25, -0.2) is 4.79 Å². The first-order valence-electron chi connectivity index (χ1n) is 8.38. The van der Waals surface area contributed by atoms with E-state index < -0.39 is 5.60 Å². The third kappa shape index (κ3) is 3.20. The predicted molar refractivity (Wildman–Crippen MR) is 92.5 cm³/mol. The van der Waals surface area contributed by atoms with Gasteiger partial charge in [0.25, 0.3) is 5.91 Å². The van der Waals surface area contributed by atoms with Crippen LogP contribution in [0.25, 0.3) is 0 Å². The third-order valence-corrected chi connectivity index (χ3v) is 5.35. The van der Waals surface area contributed by atoms with Crippen molar-refractivity contribution in [2.45, 2.75) is 51.7 Å². The Morgan fingerprint density at radius 1 is 1.29 bits per heavy atom. The summed E-state index contributed by atoms with van der Waals surface area (Å²) in [6.07, 6.45) is 3.38. The SMILES string of the molecule is CC1=C(C(=O)NCc2ccc(Cl)cc2)C2(CCC(C)CC2)OC1=O. The lowest BCUT2D eigenvalue weighted by molar-refractivity contribution is -0.150. The fourth-order valence-corrected chi connectivity index (χ4v) is 3.71. The van der Waals surface area contributed by atoms with Crippen molar-refractivity contribution in [2.75, 3.05) is 0 Å². The largest absolute Gasteiger partial charge is 0.451 e. The summed E-state index contributed by atoms with van der Waals surface area (Å²) in [6, 6.07) is 7.33. The molecule has 1 amide bonds. The molecule has 2 aliphatic rings. The van der Waals surface area contributed by atoms with Gasteiger partial charge in [0.2, 0.25) is 0 Å². The molecule has 1 aromatic rings. The number of carbonyl (C=O) groups is 2. The van der Waals surface area contributed by atoms with Crippen LogP contribution in [-0.2, 0) is 20.9 Å². The number of benzene rings is 1. The lowest BCUT2D eigenvalue weighted by Gasteiger charge is -2.36. The Hall–Kier alpha value is -1.81. The number of ether oxygens (including phenoxy) is 1. The van der Waals surface area contributed by atoms with Gasteiger partial charge in [-0.3, -0.25) is 4.79 Å². The molecule has 0 unspecified atom stereocenters. The molecule has 0 atom stereocenters. The lowest BCUT2D eigenvalue weighted by atomic mass is 9.75. The zero-order chi connectivity index (χ0) is 17.3. The summed E-state index contributed by atoms with van der Waals surface area (Å²) in [4.78, 5) is 24.9. The van der Waals surface area contributed by atoms with Gasteiger partial charge in [-0.1, -0.05) is 30.7 Å². The number of esters is 1. The quantitative estimate of drug-likeness (QED) is 0.846. The Labute approximate surface area is 147 Å². The fourth-order valence-electron chi connectivity index (χ4n) is 3.58. The zero-order valence-electron chi connectivity index (χ0n) is 14.0. The third-order valence-electron chi connectivity index (χ3n) is 5.10. The molecule has 1 heterocycles. The highest BCUT2D eigenvalue weighted by Crippen LogP contribution is 2.45. The Bertz CT molecular complexity index is 685. The fraction of sp³-hybridized carbons (Fsp3) is 0.474. The highest BCUT2D eigenvalue weighted by Gasteiger charge is 2.50. The second-order valence-electron chi connectivity index (χ2n) is 6.88. The molecular weight excluding hydrogens is 326 g/mol. The van der Waals surface area contributed by atoms with Crippen LogP contribution in [0.1, 0.15) is 45.1 Å². The number of halogens is 1. The smallest absolute Gasteiger partial charge is 0.335 e. The minimum Gasteiger partial charge on any atom is -0.451 e. The summed E-state index contributed by atoms with van der Waals surface area (Å²) in [6.45, 7) is 4.28. The van der Waals surface area contributed by atoms with Gasteiger partial charge < -0.3 is 10.1 Å². The van der Waals surface area contributed by atoms with Crippen molar-refractivity contribution in [3.8, 4) is 0 Å². The van der Waals surface area contributed by atoms with Crippen LogP contribution in [0.5, 0.6) is 0 Å². The van der Waals surface area contributed by atoms with E-state index in [1.807, 2.05) is 12.1 Å². The Morgan fingerprint density at radius 3 is 2.54 bits per heavy atom. The van der Waals surface area contributed by atoms with Crippen molar-refractivity contribution in [3.05, 3.63) is 46.0 Å². The highest BCUT2D eigenvalue weighted by atomic mass is 35.5. The van der Waals surface area contributed by atoms with Crippen molar-refractivity contribution in [1.82, 2.24) is 5.32 Å². The maximum atomic E-state index is 12.8. The number of hydrogen-bond acceptors (Lipinski definition) is 3. The average Bonchev–Trinajstić information content (AvgIpc) is 2.80. The van der Waals surface area contributed by atoms with Crippen LogP contribution in [0.4, 0.5) is 0 Å². The lowest BCUT2D eigenvalue weighted by Crippen LogP contribution is -2.42. The summed E-state index contributed by atoms with van der Waals surface area (Å²) in [7, 11) is 0. The van der Waals surface area contributed by atoms with Gasteiger partial charge in [-0.2, -0.15) is 0 Å². The van der Waals surface area contributed by atoms with Gasteiger partial charge >= 0.3 is 5.97 Å². The molecule has 1 aliphatic heterocycles. The number of carbonyl (C=O) groups excluding carboxylic acids is 2. The first-order chi connectivity index (χ1) is 11.4. The van der Waals surface area contributed by atoms with Crippen LogP contribution in [-0.4, -0.2) is 17.5 Å². The van der Waals surface area contributed by atoms with E-state index >= 15 is 0 Å². The van der Waals surface area contributed by atoms with Crippen LogP contribution in [0, 0.1) is 5.92 Å². The molecule has 1 aromatic carbocycles. The molecule has 1 aliphatic carbocycles. The van der Waals surface area contributed by atoms with Crippen molar-refractivity contribution < 1.29 is 14.3 Å². The van der Waals surface area contributed by atoms with E-state index in [0.717, 1.165) is 31.2 Å². The van der Waals surface area contributed by atoms with Crippen LogP contribution in [0.15, 0.2) is 35.4 Å². The van der Waals surface area contributed by atoms with Crippen LogP contribution in [0.2, 0.25) is 5.02 Å². The minimum absolute atomic E-state index is 0.206. The maximum Gasteiger partial charge on any atom is 0.335 e. The molecular formula is C19H22ClNO3. The van der Waals surface area contributed by atoms with Gasteiger partial charge in [-0.15, -0.1) is 0 Å². The summed E-state index contributed by atoms with van der Waals surface area (Å²) in [5.74, 6) is 0.0395. The van der Waals surface area contributed by atoms with Crippen LogP contribution >= 0.6 is 11.6 Å². The molecule has 4 nitrogen and oxygen atoms in total. The highest BCUT2D eigenvalue weighted by molar-refractivity contribution is 6.30. The molecule has 1 N–H and O–H groups in total. The Kier molecular flexibility index (Phi) is 4.68. The van der Waals surface area contributed by atoms with Gasteiger partial charge in [0.15, 0.2) is 0 Å². The van der Waals surface area contributed by atoms with Crippen molar-refractivity contribution in [1.29, 1.82) is 0 Å². The molecule has 1 saturated carbocycles. The first-order valence-corrected chi connectivity index (χ1v) is 8.76. The Balaban J connectivity index is 1.76. The average molecular weight is 348 g/mol. The number of hydrogen-bond donors (Lipinski definition) is 1. The summed E-state index contributed by atoms with van der Waals surface area (Å²) in [5, 5.41) is 3.58. The molecule has 5 heteroatoms. The van der Waals surface area contributed by atoms with Gasteiger partial charge in [0, 0.05) is 17.1 Å². The van der Waals surface area contributed by atoms with E-state index in [1.54, 1.807) is 19.1 Å². The van der Waals surface area contributed by atoms with Crippen molar-refractivity contribution in [3.63, 3.8) is 0 Å². The molecule has 24 heavy (non-hydrogen) atoms. The number of amides is 1. The molecule has 1 spiro atoms. The second kappa shape index (κ2) is 6.60. The standard InChI is InChI=1S/C19H22ClNO3/c1-12-7-9-19(10-8-12)16(13(2)18(23)24-19)17(22)21-11-14-3-5-15(20)6-4-14/h3-6,12H,7-11H2,1-2H3,(H,21,22). The maximum absolute atomic E-state index is 12.8. The van der Waals surface area contributed by atoms with Gasteiger partial charge in [0.05, 0.1) is 5.57 Å². The molecule has 128 valence electrons. The van der Waals surface area contributed by atoms with Gasteiger partial charge in [0.1, 0.15) is 5.60 Å². The van der Waals surface area contributed by atoms with E-state index in [0.29, 0.717) is 28.6 Å². The van der Waals surface area contributed by atoms with E-state index in [4.69, 9.17) is 16.3 Å². The normalized spacial score (nSPS) is 26.6. The van der Waals surface area contributed by atoms with Crippen LogP contribution < -0.4 is 5.32 Å². The zero-order valence-corrected chi connectivity index (χ0v) is 14.8. The second-order valence-corrected chi connectivity index (χ2v) is 7.31. The summed E-state index contributed by atoms with van der Waals surface area (Å²) < 4.78 is 5.66. The van der Waals surface area contributed by atoms with Crippen LogP contribution in [0.3, 0.4) is 0 Å². The first kappa shape index (κ1) is 17.0. The van der Waals surface area contributed by atoms with Crippen molar-refractivity contribution in [2.24, 2.45) is 5.92 Å². The molecule has 1 fully saturated rings. The summed E-state index contributed by atoms with van der Waals surface area (Å²) >= 11 is 5.87. The molecule has 0 aromatic heterocycles. The minimum atomic E-state index is -0.724. The number of rotatable bonds is 3. The predicted octanol–water partition coefficient (Wildman–Crippen LogP) is 3.78. The van der Waals surface area contributed by atoms with E-state index in [1.165, 1.54) is 0 Å². The molecule has 0 saturated heterocycles. The van der Waals surface area contributed by atoms with E-state index in [2.05, 4.69) is 12.2 Å².